The zero-order valence-electron chi connectivity index (χ0n) is 4.44. The molecular weight excluding hydrogens is 74.1 g/mol. The average Bonchev–Trinajstić information content (AvgIpc) is 1.36. The Kier molecular flexibility index (Phi) is 2.18. The highest BCUT2D eigenvalue weighted by molar-refractivity contribution is 4.65. The van der Waals surface area contributed by atoms with Gasteiger partial charge < -0.3 is 5.73 Å². The molecule has 0 heterocycles. The second-order valence-corrected chi connectivity index (χ2v) is 1.91. The number of hydrogen-bond acceptors (Lipinski definition) is 1. The molecular formula is C5H12N. The highest BCUT2D eigenvalue weighted by Gasteiger charge is 1.96. The molecule has 0 aliphatic rings. The Hall–Kier alpha value is -0.0400. The molecule has 0 aromatic heterocycles. The quantitative estimate of drug-likeness (QED) is 0.502. The normalized spacial score (nSPS) is 15.5. The third kappa shape index (κ3) is 2.21. The Morgan fingerprint density at radius 3 is 1.67 bits per heavy atom. The molecule has 0 aromatic carbocycles. The number of hydrogen-bond donors (Lipinski definition) is 1. The van der Waals surface area contributed by atoms with Crippen LogP contribution in [0.2, 0.25) is 0 Å². The fourth-order valence-corrected chi connectivity index (χ4v) is 0. The summed E-state index contributed by atoms with van der Waals surface area (Å²) in [5, 5.41) is 0. The van der Waals surface area contributed by atoms with Crippen molar-refractivity contribution >= 4 is 0 Å². The van der Waals surface area contributed by atoms with Crippen molar-refractivity contribution in [2.45, 2.75) is 19.9 Å². The van der Waals surface area contributed by atoms with Crippen molar-refractivity contribution in [1.82, 2.24) is 0 Å². The summed E-state index contributed by atoms with van der Waals surface area (Å²) < 4.78 is 0. The fourth-order valence-electron chi connectivity index (χ4n) is 0. The van der Waals surface area contributed by atoms with Gasteiger partial charge >= 0.3 is 0 Å². The topological polar surface area (TPSA) is 26.0 Å². The smallest absolute Gasteiger partial charge is 0.00624 e. The van der Waals surface area contributed by atoms with Crippen LogP contribution in [0.25, 0.3) is 0 Å². The second kappa shape index (κ2) is 2.19. The molecule has 1 nitrogen and oxygen atoms in total. The van der Waals surface area contributed by atoms with E-state index >= 15 is 0 Å². The van der Waals surface area contributed by atoms with Gasteiger partial charge in [0.05, 0.1) is 0 Å². The Morgan fingerprint density at radius 1 is 1.50 bits per heavy atom. The van der Waals surface area contributed by atoms with E-state index in [1.54, 1.807) is 0 Å². The van der Waals surface area contributed by atoms with Gasteiger partial charge in [-0.05, 0) is 12.8 Å². The molecule has 0 amide bonds. The Balaban J connectivity index is 2.99. The number of nitrogens with two attached hydrogens (primary N) is 1. The molecule has 0 saturated heterocycles. The maximum atomic E-state index is 5.32. The molecule has 0 spiro atoms. The van der Waals surface area contributed by atoms with Crippen molar-refractivity contribution in [3.05, 3.63) is 6.92 Å². The largest absolute Gasteiger partial charge is 0.327 e. The van der Waals surface area contributed by atoms with Crippen LogP contribution in [0.15, 0.2) is 0 Å². The summed E-state index contributed by atoms with van der Waals surface area (Å²) in [6, 6.07) is 0.102. The van der Waals surface area contributed by atoms with Gasteiger partial charge in [-0.1, -0.05) is 13.8 Å². The van der Waals surface area contributed by atoms with E-state index in [9.17, 15) is 0 Å². The Bertz CT molecular complexity index is 24.9. The van der Waals surface area contributed by atoms with Gasteiger partial charge in [-0.3, -0.25) is 0 Å². The molecule has 1 atom stereocenters. The van der Waals surface area contributed by atoms with Gasteiger partial charge in [-0.25, -0.2) is 0 Å². The first-order chi connectivity index (χ1) is 2.64. The van der Waals surface area contributed by atoms with Crippen molar-refractivity contribution < 1.29 is 0 Å². The lowest BCUT2D eigenvalue weighted by Gasteiger charge is -2.05. The zero-order chi connectivity index (χ0) is 5.15. The molecule has 2 N–H and O–H groups in total. The van der Waals surface area contributed by atoms with Gasteiger partial charge in [0.1, 0.15) is 0 Å². The third-order valence-corrected chi connectivity index (χ3v) is 0.856. The molecule has 1 heteroatoms. The van der Waals surface area contributed by atoms with Gasteiger partial charge in [-0.15, -0.1) is 0 Å². The van der Waals surface area contributed by atoms with Crippen LogP contribution in [-0.4, -0.2) is 6.04 Å². The fraction of sp³-hybridized carbons (Fsp3) is 0.800. The summed E-state index contributed by atoms with van der Waals surface area (Å²) in [5.41, 5.74) is 5.32. The highest BCUT2D eigenvalue weighted by Crippen LogP contribution is 1.93. The zero-order valence-corrected chi connectivity index (χ0v) is 4.44. The Morgan fingerprint density at radius 2 is 1.67 bits per heavy atom. The van der Waals surface area contributed by atoms with Gasteiger partial charge in [0.2, 0.25) is 0 Å². The van der Waals surface area contributed by atoms with Crippen LogP contribution < -0.4 is 5.73 Å². The van der Waals surface area contributed by atoms with E-state index in [-0.39, 0.29) is 6.04 Å². The van der Waals surface area contributed by atoms with E-state index in [0.717, 1.165) is 0 Å². The molecule has 0 aliphatic carbocycles. The van der Waals surface area contributed by atoms with Crippen LogP contribution in [-0.2, 0) is 0 Å². The van der Waals surface area contributed by atoms with E-state index in [2.05, 4.69) is 20.8 Å². The minimum Gasteiger partial charge on any atom is -0.327 e. The van der Waals surface area contributed by atoms with Gasteiger partial charge in [-0.2, -0.15) is 0 Å². The first kappa shape index (κ1) is 5.96. The van der Waals surface area contributed by atoms with Crippen molar-refractivity contribution in [1.29, 1.82) is 0 Å². The minimum atomic E-state index is 0.102. The minimum absolute atomic E-state index is 0.102. The predicted molar refractivity (Wildman–Crippen MR) is 28.2 cm³/mol. The Labute approximate surface area is 39.5 Å². The summed E-state index contributed by atoms with van der Waals surface area (Å²) in [7, 11) is 0. The summed E-state index contributed by atoms with van der Waals surface area (Å²) in [4.78, 5) is 0. The van der Waals surface area contributed by atoms with Gasteiger partial charge in [0.25, 0.3) is 0 Å². The second-order valence-electron chi connectivity index (χ2n) is 1.91. The molecule has 0 bridgehead atoms. The van der Waals surface area contributed by atoms with E-state index in [1.165, 1.54) is 0 Å². The maximum absolute atomic E-state index is 5.32. The van der Waals surface area contributed by atoms with Gasteiger partial charge in [0.15, 0.2) is 0 Å². The molecule has 1 radical (unpaired) electrons. The molecule has 0 rings (SSSR count). The maximum Gasteiger partial charge on any atom is 0.00624 e. The SMILES string of the molecule is [CH2][C@H](N)C(C)C. The van der Waals surface area contributed by atoms with Crippen LogP contribution in [0.3, 0.4) is 0 Å². The molecule has 0 fully saturated rings. The van der Waals surface area contributed by atoms with Crippen molar-refractivity contribution in [2.75, 3.05) is 0 Å². The van der Waals surface area contributed by atoms with Crippen LogP contribution in [0.4, 0.5) is 0 Å². The summed E-state index contributed by atoms with van der Waals surface area (Å²) in [6.07, 6.45) is 0. The average molecular weight is 86.2 g/mol. The summed E-state index contributed by atoms with van der Waals surface area (Å²) in [6.45, 7) is 7.72. The van der Waals surface area contributed by atoms with Crippen LogP contribution in [0.5, 0.6) is 0 Å². The molecule has 0 saturated carbocycles. The van der Waals surface area contributed by atoms with Gasteiger partial charge in [0, 0.05) is 6.04 Å². The summed E-state index contributed by atoms with van der Waals surface area (Å²) in [5.74, 6) is 0.519. The van der Waals surface area contributed by atoms with Crippen molar-refractivity contribution in [3.63, 3.8) is 0 Å². The van der Waals surface area contributed by atoms with E-state index in [1.807, 2.05) is 0 Å². The lowest BCUT2D eigenvalue weighted by Crippen LogP contribution is -2.21. The highest BCUT2D eigenvalue weighted by atomic mass is 14.6. The van der Waals surface area contributed by atoms with Crippen LogP contribution in [0, 0.1) is 12.8 Å². The number of rotatable bonds is 1. The van der Waals surface area contributed by atoms with E-state index in [0.29, 0.717) is 5.92 Å². The van der Waals surface area contributed by atoms with Crippen LogP contribution in [0.1, 0.15) is 13.8 Å². The van der Waals surface area contributed by atoms with E-state index in [4.69, 9.17) is 5.73 Å². The summed E-state index contributed by atoms with van der Waals surface area (Å²) >= 11 is 0. The molecule has 0 aliphatic heterocycles. The van der Waals surface area contributed by atoms with Crippen molar-refractivity contribution in [2.24, 2.45) is 11.7 Å². The lowest BCUT2D eigenvalue weighted by atomic mass is 10.1. The lowest BCUT2D eigenvalue weighted by molar-refractivity contribution is 0.568. The van der Waals surface area contributed by atoms with Crippen molar-refractivity contribution in [3.8, 4) is 0 Å². The predicted octanol–water partition coefficient (Wildman–Crippen LogP) is 0.804. The van der Waals surface area contributed by atoms with E-state index < -0.39 is 0 Å². The first-order valence-corrected chi connectivity index (χ1v) is 2.23. The molecule has 0 unspecified atom stereocenters. The molecule has 37 valence electrons. The molecule has 0 aromatic rings. The monoisotopic (exact) mass is 86.1 g/mol. The van der Waals surface area contributed by atoms with Crippen LogP contribution >= 0.6 is 0 Å². The molecule has 6 heavy (non-hydrogen) atoms. The first-order valence-electron chi connectivity index (χ1n) is 2.23. The standard InChI is InChI=1S/C5H12N/c1-4(2)5(3)6/h4-5H,3,6H2,1-2H3/t5-/m0/s1. The third-order valence-electron chi connectivity index (χ3n) is 0.856.